The average molecular weight is 199 g/mol. The van der Waals surface area contributed by atoms with E-state index >= 15 is 0 Å². The monoisotopic (exact) mass is 198 g/mol. The number of carboxylic acids is 1. The Balaban J connectivity index is 2.91. The van der Waals surface area contributed by atoms with E-state index in [0.717, 1.165) is 0 Å². The summed E-state index contributed by atoms with van der Waals surface area (Å²) in [6, 6.07) is 6.26. The quantitative estimate of drug-likeness (QED) is 0.752. The summed E-state index contributed by atoms with van der Waals surface area (Å²) in [6.45, 7) is 0. The Kier molecular flexibility index (Phi) is 3.03. The predicted octanol–water partition coefficient (Wildman–Crippen LogP) is 1.69. The molecule has 0 unspecified atom stereocenters. The number of carbonyl (C=O) groups is 2. The highest BCUT2D eigenvalue weighted by Crippen LogP contribution is 2.08. The van der Waals surface area contributed by atoms with E-state index in [1.807, 2.05) is 0 Å². The number of benzene rings is 1. The Bertz CT molecular complexity index is 346. The van der Waals surface area contributed by atoms with Crippen molar-refractivity contribution in [2.24, 2.45) is 0 Å². The van der Waals surface area contributed by atoms with Crippen molar-refractivity contribution in [3.63, 3.8) is 0 Å². The van der Waals surface area contributed by atoms with Crippen molar-refractivity contribution in [1.82, 2.24) is 0 Å². The zero-order valence-corrected chi connectivity index (χ0v) is 7.41. The topological polar surface area (TPSA) is 54.4 Å². The molecule has 0 heterocycles. The molecule has 13 heavy (non-hydrogen) atoms. The molecule has 3 nitrogen and oxygen atoms in total. The molecular formula is C9H7ClO3. The van der Waals surface area contributed by atoms with Gasteiger partial charge in [-0.25, -0.2) is 0 Å². The molecule has 0 bridgehead atoms. The number of hydrogen-bond donors (Lipinski definition) is 1. The minimum Gasteiger partial charge on any atom is -0.481 e. The zero-order chi connectivity index (χ0) is 9.84. The smallest absolute Gasteiger partial charge is 0.307 e. The van der Waals surface area contributed by atoms with Crippen molar-refractivity contribution in [1.29, 1.82) is 0 Å². The summed E-state index contributed by atoms with van der Waals surface area (Å²) in [5.74, 6) is -0.931. The maximum absolute atomic E-state index is 10.7. The van der Waals surface area contributed by atoms with Crippen LogP contribution in [-0.4, -0.2) is 16.3 Å². The number of aliphatic carboxylic acids is 1. The van der Waals surface area contributed by atoms with Crippen LogP contribution >= 0.6 is 11.6 Å². The molecule has 0 radical (unpaired) electrons. The van der Waals surface area contributed by atoms with E-state index in [4.69, 9.17) is 16.7 Å². The normalized spacial score (nSPS) is 9.62. The lowest BCUT2D eigenvalue weighted by atomic mass is 10.1. The van der Waals surface area contributed by atoms with Crippen molar-refractivity contribution in [3.05, 3.63) is 35.4 Å². The van der Waals surface area contributed by atoms with Gasteiger partial charge < -0.3 is 5.11 Å². The second-order valence-corrected chi connectivity index (χ2v) is 2.89. The zero-order valence-electron chi connectivity index (χ0n) is 6.66. The molecule has 0 aromatic heterocycles. The van der Waals surface area contributed by atoms with Gasteiger partial charge in [0.1, 0.15) is 0 Å². The van der Waals surface area contributed by atoms with Crippen LogP contribution in [0.5, 0.6) is 0 Å². The van der Waals surface area contributed by atoms with Crippen molar-refractivity contribution in [2.75, 3.05) is 0 Å². The Morgan fingerprint density at radius 2 is 2.08 bits per heavy atom. The molecule has 0 spiro atoms. The van der Waals surface area contributed by atoms with Crippen LogP contribution in [0.15, 0.2) is 24.3 Å². The Morgan fingerprint density at radius 1 is 1.38 bits per heavy atom. The molecule has 0 amide bonds. The second kappa shape index (κ2) is 4.05. The van der Waals surface area contributed by atoms with Gasteiger partial charge in [-0.05, 0) is 23.2 Å². The summed E-state index contributed by atoms with van der Waals surface area (Å²) in [4.78, 5) is 21.0. The largest absolute Gasteiger partial charge is 0.481 e. The van der Waals surface area contributed by atoms with Gasteiger partial charge in [-0.2, -0.15) is 0 Å². The van der Waals surface area contributed by atoms with Crippen LogP contribution in [-0.2, 0) is 11.2 Å². The number of carbonyl (C=O) groups excluding carboxylic acids is 1. The molecule has 1 rings (SSSR count). The first-order chi connectivity index (χ1) is 6.09. The van der Waals surface area contributed by atoms with Crippen LogP contribution < -0.4 is 0 Å². The fourth-order valence-corrected chi connectivity index (χ4v) is 1.10. The molecule has 0 fully saturated rings. The molecular weight excluding hydrogens is 192 g/mol. The number of hydrogen-bond acceptors (Lipinski definition) is 2. The first kappa shape index (κ1) is 9.74. The Morgan fingerprint density at radius 3 is 2.62 bits per heavy atom. The number of carboxylic acid groups (broad SMARTS) is 1. The summed E-state index contributed by atoms with van der Waals surface area (Å²) in [7, 11) is 0. The summed E-state index contributed by atoms with van der Waals surface area (Å²) in [5.41, 5.74) is 0.888. The van der Waals surface area contributed by atoms with Gasteiger partial charge >= 0.3 is 5.97 Å². The van der Waals surface area contributed by atoms with Crippen LogP contribution in [0.3, 0.4) is 0 Å². The van der Waals surface area contributed by atoms with E-state index in [2.05, 4.69) is 0 Å². The molecule has 0 aliphatic heterocycles. The van der Waals surface area contributed by atoms with Crippen LogP contribution in [0.4, 0.5) is 0 Å². The molecule has 68 valence electrons. The lowest BCUT2D eigenvalue weighted by molar-refractivity contribution is -0.136. The van der Waals surface area contributed by atoms with Gasteiger partial charge in [0.15, 0.2) is 0 Å². The van der Waals surface area contributed by atoms with E-state index in [0.29, 0.717) is 11.1 Å². The minimum atomic E-state index is -0.931. The van der Waals surface area contributed by atoms with E-state index in [9.17, 15) is 9.59 Å². The maximum Gasteiger partial charge on any atom is 0.307 e. The lowest BCUT2D eigenvalue weighted by Gasteiger charge is -1.98. The van der Waals surface area contributed by atoms with Gasteiger partial charge in [0, 0.05) is 5.56 Å². The summed E-state index contributed by atoms with van der Waals surface area (Å²) in [6.07, 6.45) is -0.0992. The molecule has 1 aromatic carbocycles. The van der Waals surface area contributed by atoms with Crippen molar-refractivity contribution in [3.8, 4) is 0 Å². The van der Waals surface area contributed by atoms with Crippen molar-refractivity contribution < 1.29 is 14.7 Å². The minimum absolute atomic E-state index is 0.0992. The molecule has 1 aromatic rings. The molecule has 4 heteroatoms. The summed E-state index contributed by atoms with van der Waals surface area (Å²) in [5, 5.41) is 7.90. The number of rotatable bonds is 3. The van der Waals surface area contributed by atoms with Crippen molar-refractivity contribution >= 4 is 22.8 Å². The van der Waals surface area contributed by atoms with E-state index < -0.39 is 11.2 Å². The van der Waals surface area contributed by atoms with Gasteiger partial charge in [0.05, 0.1) is 6.42 Å². The van der Waals surface area contributed by atoms with Gasteiger partial charge in [0.2, 0.25) is 0 Å². The molecule has 0 atom stereocenters. The third kappa shape index (κ3) is 2.87. The highest BCUT2D eigenvalue weighted by molar-refractivity contribution is 6.67. The van der Waals surface area contributed by atoms with E-state index in [1.165, 1.54) is 6.07 Å². The predicted molar refractivity (Wildman–Crippen MR) is 48.0 cm³/mol. The van der Waals surface area contributed by atoms with Crippen LogP contribution in [0.2, 0.25) is 0 Å². The van der Waals surface area contributed by atoms with Crippen LogP contribution in [0.25, 0.3) is 0 Å². The third-order valence-electron chi connectivity index (χ3n) is 1.51. The second-order valence-electron chi connectivity index (χ2n) is 2.54. The van der Waals surface area contributed by atoms with E-state index in [-0.39, 0.29) is 6.42 Å². The maximum atomic E-state index is 10.7. The van der Waals surface area contributed by atoms with Gasteiger partial charge in [-0.1, -0.05) is 18.2 Å². The fraction of sp³-hybridized carbons (Fsp3) is 0.111. The van der Waals surface area contributed by atoms with Gasteiger partial charge in [-0.3, -0.25) is 9.59 Å². The first-order valence-corrected chi connectivity index (χ1v) is 3.98. The molecule has 1 N–H and O–H groups in total. The molecule has 0 aliphatic carbocycles. The highest BCUT2D eigenvalue weighted by Gasteiger charge is 2.04. The van der Waals surface area contributed by atoms with Crippen LogP contribution in [0, 0.1) is 0 Å². The summed E-state index contributed by atoms with van der Waals surface area (Å²) >= 11 is 5.23. The molecule has 0 aliphatic rings. The molecule has 0 saturated carbocycles. The van der Waals surface area contributed by atoms with Crippen molar-refractivity contribution in [2.45, 2.75) is 6.42 Å². The highest BCUT2D eigenvalue weighted by atomic mass is 35.5. The first-order valence-electron chi connectivity index (χ1n) is 3.60. The lowest BCUT2D eigenvalue weighted by Crippen LogP contribution is -2.01. The van der Waals surface area contributed by atoms with Gasteiger partial charge in [-0.15, -0.1) is 0 Å². The van der Waals surface area contributed by atoms with Gasteiger partial charge in [0.25, 0.3) is 5.24 Å². The average Bonchev–Trinajstić information content (AvgIpc) is 2.03. The number of halogens is 1. The van der Waals surface area contributed by atoms with E-state index in [1.54, 1.807) is 18.2 Å². The summed E-state index contributed by atoms with van der Waals surface area (Å²) < 4.78 is 0. The third-order valence-corrected chi connectivity index (χ3v) is 1.73. The Labute approximate surface area is 79.9 Å². The Hall–Kier alpha value is -1.35. The standard InChI is InChI=1S/C9H7ClO3/c10-9(13)7-3-1-2-6(4-7)5-8(11)12/h1-4H,5H2,(H,11,12). The fourth-order valence-electron chi connectivity index (χ4n) is 0.978. The SMILES string of the molecule is O=C(O)Cc1cccc(C(=O)Cl)c1. The molecule has 0 saturated heterocycles. The van der Waals surface area contributed by atoms with Crippen LogP contribution in [0.1, 0.15) is 15.9 Å².